The zero-order chi connectivity index (χ0) is 16.4. The summed E-state index contributed by atoms with van der Waals surface area (Å²) in [6.07, 6.45) is -2.07. The number of ether oxygens (including phenoxy) is 3. The molecule has 0 aliphatic carbocycles. The minimum Gasteiger partial charge on any atom is -0.486 e. The topological polar surface area (TPSA) is 85.2 Å². The highest BCUT2D eigenvalue weighted by molar-refractivity contribution is 6.00. The normalized spacial score (nSPS) is 23.6. The van der Waals surface area contributed by atoms with Crippen molar-refractivity contribution in [1.29, 1.82) is 0 Å². The Hall–Kier alpha value is -2.47. The van der Waals surface area contributed by atoms with E-state index in [4.69, 9.17) is 19.3 Å². The van der Waals surface area contributed by atoms with Crippen molar-refractivity contribution in [3.8, 4) is 17.2 Å². The molecule has 0 radical (unpaired) electrons. The lowest BCUT2D eigenvalue weighted by molar-refractivity contribution is -0.139. The van der Waals surface area contributed by atoms with E-state index < -0.39 is 24.0 Å². The van der Waals surface area contributed by atoms with Crippen molar-refractivity contribution < 1.29 is 29.2 Å². The molecule has 2 aromatic carbocycles. The molecule has 0 spiro atoms. The second kappa shape index (κ2) is 4.52. The standard InChI is InChI=1S/C17H16O6/c1-17(2)22-10-5-3-4-8-14(10)11(23-17)6-9-15(20)12(7-13(18)19)21-16(8)9/h3-6,12,15,20H,7H2,1-2H3,(H,18,19). The van der Waals surface area contributed by atoms with E-state index >= 15 is 0 Å². The maximum atomic E-state index is 11.0. The van der Waals surface area contributed by atoms with Crippen molar-refractivity contribution in [2.45, 2.75) is 38.3 Å². The van der Waals surface area contributed by atoms with Gasteiger partial charge < -0.3 is 24.4 Å². The fraction of sp³-hybridized carbons (Fsp3) is 0.353. The molecule has 2 aliphatic rings. The smallest absolute Gasteiger partial charge is 0.307 e. The molecule has 23 heavy (non-hydrogen) atoms. The van der Waals surface area contributed by atoms with Gasteiger partial charge in [0.15, 0.2) is 0 Å². The van der Waals surface area contributed by atoms with Crippen LogP contribution in [0.5, 0.6) is 17.2 Å². The molecule has 2 aromatic rings. The maximum Gasteiger partial charge on any atom is 0.307 e. The maximum absolute atomic E-state index is 11.0. The van der Waals surface area contributed by atoms with Crippen molar-refractivity contribution >= 4 is 16.7 Å². The van der Waals surface area contributed by atoms with E-state index in [2.05, 4.69) is 0 Å². The molecular formula is C17H16O6. The van der Waals surface area contributed by atoms with Crippen LogP contribution in [-0.2, 0) is 4.79 Å². The van der Waals surface area contributed by atoms with Gasteiger partial charge >= 0.3 is 5.97 Å². The predicted molar refractivity (Wildman–Crippen MR) is 80.9 cm³/mol. The van der Waals surface area contributed by atoms with Crippen LogP contribution >= 0.6 is 0 Å². The number of fused-ring (bicyclic) bond motifs is 2. The number of rotatable bonds is 2. The van der Waals surface area contributed by atoms with E-state index in [0.717, 1.165) is 10.8 Å². The highest BCUT2D eigenvalue weighted by atomic mass is 16.7. The molecule has 2 aliphatic heterocycles. The van der Waals surface area contributed by atoms with Gasteiger partial charge in [-0.15, -0.1) is 0 Å². The summed E-state index contributed by atoms with van der Waals surface area (Å²) in [5, 5.41) is 20.9. The number of aliphatic hydroxyl groups excluding tert-OH is 1. The van der Waals surface area contributed by atoms with Crippen LogP contribution in [-0.4, -0.2) is 28.1 Å². The average molecular weight is 316 g/mol. The van der Waals surface area contributed by atoms with Crippen LogP contribution in [0.25, 0.3) is 10.8 Å². The van der Waals surface area contributed by atoms with Crippen LogP contribution in [0.1, 0.15) is 31.9 Å². The summed E-state index contributed by atoms with van der Waals surface area (Å²) < 4.78 is 17.4. The average Bonchev–Trinajstić information content (AvgIpc) is 2.74. The molecule has 0 amide bonds. The third-order valence-electron chi connectivity index (χ3n) is 4.09. The van der Waals surface area contributed by atoms with Gasteiger partial charge in [0.1, 0.15) is 29.5 Å². The summed E-state index contributed by atoms with van der Waals surface area (Å²) in [6.45, 7) is 3.62. The molecule has 0 saturated heterocycles. The Bertz CT molecular complexity index is 825. The molecule has 6 nitrogen and oxygen atoms in total. The first-order valence-electron chi connectivity index (χ1n) is 7.40. The zero-order valence-corrected chi connectivity index (χ0v) is 12.7. The number of benzene rings is 2. The van der Waals surface area contributed by atoms with Crippen LogP contribution in [0.15, 0.2) is 24.3 Å². The number of hydrogen-bond acceptors (Lipinski definition) is 5. The van der Waals surface area contributed by atoms with Crippen LogP contribution in [0.4, 0.5) is 0 Å². The first-order valence-corrected chi connectivity index (χ1v) is 7.40. The molecule has 2 heterocycles. The number of carbonyl (C=O) groups is 1. The van der Waals surface area contributed by atoms with Crippen molar-refractivity contribution in [1.82, 2.24) is 0 Å². The number of aliphatic carboxylic acids is 1. The highest BCUT2D eigenvalue weighted by Crippen LogP contribution is 2.51. The Balaban J connectivity index is 1.91. The summed E-state index contributed by atoms with van der Waals surface area (Å²) in [7, 11) is 0. The minimum absolute atomic E-state index is 0.269. The van der Waals surface area contributed by atoms with Gasteiger partial charge in [0.25, 0.3) is 0 Å². The first kappa shape index (κ1) is 14.1. The largest absolute Gasteiger partial charge is 0.486 e. The van der Waals surface area contributed by atoms with Crippen LogP contribution in [0, 0.1) is 0 Å². The third kappa shape index (κ3) is 2.09. The van der Waals surface area contributed by atoms with E-state index in [0.29, 0.717) is 22.8 Å². The van der Waals surface area contributed by atoms with Gasteiger partial charge in [-0.1, -0.05) is 12.1 Å². The fourth-order valence-corrected chi connectivity index (χ4v) is 3.22. The van der Waals surface area contributed by atoms with Crippen molar-refractivity contribution in [3.63, 3.8) is 0 Å². The van der Waals surface area contributed by atoms with Crippen LogP contribution < -0.4 is 14.2 Å². The van der Waals surface area contributed by atoms with Gasteiger partial charge in [-0.3, -0.25) is 4.79 Å². The number of hydrogen-bond donors (Lipinski definition) is 2. The second-order valence-corrected chi connectivity index (χ2v) is 6.27. The van der Waals surface area contributed by atoms with Gasteiger partial charge in [-0.25, -0.2) is 0 Å². The van der Waals surface area contributed by atoms with E-state index in [1.807, 2.05) is 32.0 Å². The van der Waals surface area contributed by atoms with Gasteiger partial charge in [-0.05, 0) is 12.1 Å². The number of carboxylic acid groups (broad SMARTS) is 1. The molecule has 6 heteroatoms. The lowest BCUT2D eigenvalue weighted by Gasteiger charge is -2.33. The molecule has 0 fully saturated rings. The van der Waals surface area contributed by atoms with E-state index in [1.165, 1.54) is 0 Å². The van der Waals surface area contributed by atoms with E-state index in [9.17, 15) is 9.90 Å². The monoisotopic (exact) mass is 316 g/mol. The summed E-state index contributed by atoms with van der Waals surface area (Å²) in [6, 6.07) is 7.26. The predicted octanol–water partition coefficient (Wildman–Crippen LogP) is 2.62. The van der Waals surface area contributed by atoms with Crippen molar-refractivity contribution in [2.24, 2.45) is 0 Å². The number of carboxylic acids is 1. The van der Waals surface area contributed by atoms with E-state index in [-0.39, 0.29) is 6.42 Å². The molecule has 0 aromatic heterocycles. The molecule has 4 rings (SSSR count). The quantitative estimate of drug-likeness (QED) is 0.886. The molecule has 0 saturated carbocycles. The van der Waals surface area contributed by atoms with E-state index in [1.54, 1.807) is 6.07 Å². The van der Waals surface area contributed by atoms with Crippen molar-refractivity contribution in [3.05, 3.63) is 29.8 Å². The fourth-order valence-electron chi connectivity index (χ4n) is 3.22. The first-order chi connectivity index (χ1) is 10.9. The summed E-state index contributed by atoms with van der Waals surface area (Å²) in [4.78, 5) is 11.0. The molecule has 120 valence electrons. The SMILES string of the molecule is CC1(C)Oc2cccc3c4c(cc(c23)O1)C(O)C(CC(=O)O)O4. The zero-order valence-electron chi connectivity index (χ0n) is 12.7. The Labute approximate surface area is 132 Å². The minimum atomic E-state index is -1.02. The van der Waals surface area contributed by atoms with Gasteiger partial charge in [0.05, 0.1) is 11.8 Å². The lowest BCUT2D eigenvalue weighted by atomic mass is 9.98. The van der Waals surface area contributed by atoms with Gasteiger partial charge in [-0.2, -0.15) is 0 Å². The number of aliphatic hydroxyl groups is 1. The van der Waals surface area contributed by atoms with Gasteiger partial charge in [0.2, 0.25) is 5.79 Å². The Kier molecular flexibility index (Phi) is 2.78. The Morgan fingerprint density at radius 1 is 1.26 bits per heavy atom. The molecule has 2 N–H and O–H groups in total. The lowest BCUT2D eigenvalue weighted by Crippen LogP contribution is -2.37. The van der Waals surface area contributed by atoms with Crippen LogP contribution in [0.2, 0.25) is 0 Å². The summed E-state index contributed by atoms with van der Waals surface area (Å²) >= 11 is 0. The van der Waals surface area contributed by atoms with Crippen LogP contribution in [0.3, 0.4) is 0 Å². The van der Waals surface area contributed by atoms with Crippen molar-refractivity contribution in [2.75, 3.05) is 0 Å². The Morgan fingerprint density at radius 2 is 2.00 bits per heavy atom. The summed E-state index contributed by atoms with van der Waals surface area (Å²) in [5.74, 6) is -0.0608. The van der Waals surface area contributed by atoms with Gasteiger partial charge in [0, 0.05) is 24.8 Å². The third-order valence-corrected chi connectivity index (χ3v) is 4.09. The molecular weight excluding hydrogens is 300 g/mol. The highest BCUT2D eigenvalue weighted by Gasteiger charge is 2.39. The molecule has 2 unspecified atom stereocenters. The summed E-state index contributed by atoms with van der Waals surface area (Å²) in [5.41, 5.74) is 0.550. The molecule has 2 atom stereocenters. The molecule has 0 bridgehead atoms. The Morgan fingerprint density at radius 3 is 2.74 bits per heavy atom. The second-order valence-electron chi connectivity index (χ2n) is 6.27.